The van der Waals surface area contributed by atoms with Crippen LogP contribution in [0.4, 0.5) is 0 Å². The van der Waals surface area contributed by atoms with E-state index >= 15 is 0 Å². The molecule has 5 aromatic rings. The van der Waals surface area contributed by atoms with E-state index in [1.807, 2.05) is 41.1 Å². The van der Waals surface area contributed by atoms with Crippen molar-refractivity contribution in [2.45, 2.75) is 25.4 Å². The maximum atomic E-state index is 12.1. The van der Waals surface area contributed by atoms with Crippen molar-refractivity contribution in [2.24, 2.45) is 0 Å². The second kappa shape index (κ2) is 9.38. The number of aromatic nitrogens is 5. The summed E-state index contributed by atoms with van der Waals surface area (Å²) in [4.78, 5) is 28.3. The van der Waals surface area contributed by atoms with Crippen molar-refractivity contribution in [2.75, 3.05) is 5.75 Å². The van der Waals surface area contributed by atoms with Gasteiger partial charge in [-0.2, -0.15) is 0 Å². The Morgan fingerprint density at radius 3 is 2.61 bits per heavy atom. The Bertz CT molecular complexity index is 1660. The largest absolute Gasteiger partial charge is 0.456 e. The lowest BCUT2D eigenvalue weighted by molar-refractivity contribution is 0.101. The van der Waals surface area contributed by atoms with Gasteiger partial charge in [0.05, 0.1) is 23.0 Å². The van der Waals surface area contributed by atoms with E-state index in [-0.39, 0.29) is 16.6 Å². The molecule has 0 fully saturated rings. The predicted molar refractivity (Wildman–Crippen MR) is 135 cm³/mol. The highest BCUT2D eigenvalue weighted by Gasteiger charge is 2.16. The summed E-state index contributed by atoms with van der Waals surface area (Å²) in [6.07, 6.45) is 6.74. The fourth-order valence-corrected chi connectivity index (χ4v) is 4.59. The van der Waals surface area contributed by atoms with Gasteiger partial charge in [0.1, 0.15) is 17.2 Å². The Balaban J connectivity index is 1.53. The Morgan fingerprint density at radius 2 is 1.94 bits per heavy atom. The normalized spacial score (nSPS) is 11.6. The predicted octanol–water partition coefficient (Wildman–Crippen LogP) is 4.66. The first-order chi connectivity index (χ1) is 17.3. The quantitative estimate of drug-likeness (QED) is 0.307. The molecule has 0 spiro atoms. The maximum absolute atomic E-state index is 12.1. The van der Waals surface area contributed by atoms with Crippen LogP contribution in [0.3, 0.4) is 0 Å². The minimum Gasteiger partial charge on any atom is -0.456 e. The number of carbonyl (C=O) groups excluding carboxylic acids is 1. The minimum absolute atomic E-state index is 0.00535. The SMILES string of the molecule is CCS(=O)(=O)c1ccc(Oc2cc(Cn3ccc(C(C)=O)c3)c3nc(-c4ccccn4)[nH]c3c2)cn1. The third kappa shape index (κ3) is 4.76. The zero-order chi connectivity index (χ0) is 25.3. The van der Waals surface area contributed by atoms with E-state index in [4.69, 9.17) is 9.72 Å². The molecule has 4 aromatic heterocycles. The molecule has 0 amide bonds. The van der Waals surface area contributed by atoms with Crippen molar-refractivity contribution in [3.63, 3.8) is 0 Å². The van der Waals surface area contributed by atoms with Gasteiger partial charge in [0.2, 0.25) is 0 Å². The van der Waals surface area contributed by atoms with Gasteiger partial charge in [-0.25, -0.2) is 18.4 Å². The number of ketones is 1. The second-order valence-corrected chi connectivity index (χ2v) is 10.5. The highest BCUT2D eigenvalue weighted by Crippen LogP contribution is 2.30. The molecule has 36 heavy (non-hydrogen) atoms. The lowest BCUT2D eigenvalue weighted by Gasteiger charge is -2.10. The number of H-pyrrole nitrogens is 1. The smallest absolute Gasteiger partial charge is 0.195 e. The van der Waals surface area contributed by atoms with E-state index in [2.05, 4.69) is 15.0 Å². The summed E-state index contributed by atoms with van der Waals surface area (Å²) in [7, 11) is -3.40. The van der Waals surface area contributed by atoms with Crippen LogP contribution >= 0.6 is 0 Å². The minimum atomic E-state index is -3.40. The van der Waals surface area contributed by atoms with Gasteiger partial charge in [-0.05, 0) is 43.3 Å². The Hall–Kier alpha value is -4.31. The highest BCUT2D eigenvalue weighted by atomic mass is 32.2. The number of pyridine rings is 2. The third-order valence-electron chi connectivity index (χ3n) is 5.70. The Labute approximate surface area is 207 Å². The maximum Gasteiger partial charge on any atom is 0.195 e. The van der Waals surface area contributed by atoms with Gasteiger partial charge in [0.25, 0.3) is 0 Å². The number of Topliss-reactive ketones (excluding diaryl/α,β-unsaturated/α-hetero) is 1. The summed E-state index contributed by atoms with van der Waals surface area (Å²) in [5.74, 6) is 1.52. The number of ether oxygens (including phenoxy) is 1. The van der Waals surface area contributed by atoms with Crippen LogP contribution in [0.15, 0.2) is 78.3 Å². The number of nitrogens with one attached hydrogen (secondary N) is 1. The molecule has 1 aromatic carbocycles. The van der Waals surface area contributed by atoms with Gasteiger partial charge < -0.3 is 14.3 Å². The first-order valence-electron chi connectivity index (χ1n) is 11.3. The van der Waals surface area contributed by atoms with Gasteiger partial charge in [0, 0.05) is 42.3 Å². The molecule has 0 saturated heterocycles. The fraction of sp³-hybridized carbons (Fsp3) is 0.154. The highest BCUT2D eigenvalue weighted by molar-refractivity contribution is 7.91. The average molecular weight is 502 g/mol. The topological polar surface area (TPSA) is 120 Å². The van der Waals surface area contributed by atoms with Crippen molar-refractivity contribution in [3.05, 3.63) is 84.4 Å². The number of imidazole rings is 1. The second-order valence-electron chi connectivity index (χ2n) is 8.25. The molecule has 10 heteroatoms. The molecule has 0 aliphatic heterocycles. The van der Waals surface area contributed by atoms with Gasteiger partial charge in [-0.1, -0.05) is 13.0 Å². The summed E-state index contributed by atoms with van der Waals surface area (Å²) in [6.45, 7) is 3.57. The lowest BCUT2D eigenvalue weighted by atomic mass is 10.1. The molecule has 5 rings (SSSR count). The van der Waals surface area contributed by atoms with Crippen LogP contribution < -0.4 is 4.74 Å². The molecule has 9 nitrogen and oxygen atoms in total. The molecule has 1 N–H and O–H groups in total. The van der Waals surface area contributed by atoms with Gasteiger partial charge in [-0.3, -0.25) is 9.78 Å². The number of fused-ring (bicyclic) bond motifs is 1. The molecule has 0 unspecified atom stereocenters. The van der Waals surface area contributed by atoms with E-state index in [0.29, 0.717) is 35.1 Å². The first kappa shape index (κ1) is 23.4. The molecular formula is C26H23N5O4S. The zero-order valence-corrected chi connectivity index (χ0v) is 20.5. The van der Waals surface area contributed by atoms with Crippen molar-refractivity contribution in [1.82, 2.24) is 24.5 Å². The Kier molecular flexibility index (Phi) is 6.11. The standard InChI is InChI=1S/C26H23N5O4S/c1-3-36(33,34)24-8-7-20(14-28-24)35-21-12-19(16-31-11-9-18(15-31)17(2)32)25-23(13-21)29-26(30-25)22-6-4-5-10-27-22/h4-15H,3,16H2,1-2H3,(H,29,30). The molecule has 4 heterocycles. The summed E-state index contributed by atoms with van der Waals surface area (Å²) in [5.41, 5.74) is 3.70. The molecule has 182 valence electrons. The number of benzene rings is 1. The zero-order valence-electron chi connectivity index (χ0n) is 19.7. The lowest BCUT2D eigenvalue weighted by Crippen LogP contribution is -2.05. The number of hydrogen-bond acceptors (Lipinski definition) is 7. The molecule has 0 bridgehead atoms. The molecule has 0 aliphatic rings. The fourth-order valence-electron chi connectivity index (χ4n) is 3.80. The first-order valence-corrected chi connectivity index (χ1v) is 12.9. The van der Waals surface area contributed by atoms with Crippen molar-refractivity contribution < 1.29 is 17.9 Å². The summed E-state index contributed by atoms with van der Waals surface area (Å²) in [6, 6.07) is 14.1. The van der Waals surface area contributed by atoms with Crippen LogP contribution in [-0.2, 0) is 16.4 Å². The van der Waals surface area contributed by atoms with E-state index in [0.717, 1.165) is 16.6 Å². The molecule has 0 atom stereocenters. The molecular weight excluding hydrogens is 478 g/mol. The Morgan fingerprint density at radius 1 is 1.08 bits per heavy atom. The average Bonchev–Trinajstić information content (AvgIpc) is 3.53. The van der Waals surface area contributed by atoms with E-state index in [1.165, 1.54) is 19.2 Å². The number of rotatable bonds is 8. The number of nitrogens with zero attached hydrogens (tertiary/aromatic N) is 4. The molecule has 0 saturated carbocycles. The summed E-state index contributed by atoms with van der Waals surface area (Å²) >= 11 is 0. The van der Waals surface area contributed by atoms with Crippen LogP contribution in [0.1, 0.15) is 29.8 Å². The van der Waals surface area contributed by atoms with Gasteiger partial charge >= 0.3 is 0 Å². The van der Waals surface area contributed by atoms with Crippen molar-refractivity contribution >= 4 is 26.7 Å². The molecule has 0 radical (unpaired) electrons. The van der Waals surface area contributed by atoms with Crippen LogP contribution in [0.2, 0.25) is 0 Å². The summed E-state index contributed by atoms with van der Waals surface area (Å²) < 4.78 is 32.1. The summed E-state index contributed by atoms with van der Waals surface area (Å²) in [5, 5.41) is 0.0101. The molecule has 0 aliphatic carbocycles. The van der Waals surface area contributed by atoms with E-state index < -0.39 is 9.84 Å². The number of sulfone groups is 1. The van der Waals surface area contributed by atoms with E-state index in [9.17, 15) is 13.2 Å². The van der Waals surface area contributed by atoms with Crippen molar-refractivity contribution in [3.8, 4) is 23.0 Å². The van der Waals surface area contributed by atoms with Gasteiger partial charge in [0.15, 0.2) is 26.5 Å². The van der Waals surface area contributed by atoms with Crippen LogP contribution in [-0.4, -0.2) is 44.5 Å². The van der Waals surface area contributed by atoms with Crippen LogP contribution in [0.5, 0.6) is 11.5 Å². The van der Waals surface area contributed by atoms with Gasteiger partial charge in [-0.15, -0.1) is 0 Å². The van der Waals surface area contributed by atoms with Crippen molar-refractivity contribution in [1.29, 1.82) is 0 Å². The third-order valence-corrected chi connectivity index (χ3v) is 7.34. The van der Waals surface area contributed by atoms with E-state index in [1.54, 1.807) is 31.5 Å². The number of carbonyl (C=O) groups is 1. The number of aromatic amines is 1. The number of hydrogen-bond donors (Lipinski definition) is 1. The van der Waals surface area contributed by atoms with Crippen LogP contribution in [0, 0.1) is 0 Å². The monoisotopic (exact) mass is 501 g/mol. The van der Waals surface area contributed by atoms with Crippen LogP contribution in [0.25, 0.3) is 22.6 Å².